The fourth-order valence-corrected chi connectivity index (χ4v) is 3.59. The Morgan fingerprint density at radius 3 is 2.65 bits per heavy atom. The van der Waals surface area contributed by atoms with Crippen molar-refractivity contribution in [3.05, 3.63) is 118 Å². The Kier molecular flexibility index (Phi) is 6.92. The molecule has 0 aliphatic rings. The first kappa shape index (κ1) is 22.7. The van der Waals surface area contributed by atoms with Crippen molar-refractivity contribution in [3.63, 3.8) is 0 Å². The van der Waals surface area contributed by atoms with Gasteiger partial charge in [0.1, 0.15) is 5.69 Å². The topological polar surface area (TPSA) is 115 Å². The van der Waals surface area contributed by atoms with Gasteiger partial charge in [0.25, 0.3) is 11.6 Å². The normalized spacial score (nSPS) is 11.6. The second-order valence-corrected chi connectivity index (χ2v) is 7.82. The quantitative estimate of drug-likeness (QED) is 0.286. The van der Waals surface area contributed by atoms with Gasteiger partial charge in [0, 0.05) is 36.8 Å². The van der Waals surface area contributed by atoms with Crippen LogP contribution in [0.2, 0.25) is 0 Å². The van der Waals surface area contributed by atoms with E-state index in [0.717, 1.165) is 16.8 Å². The zero-order chi connectivity index (χ0) is 23.9. The lowest BCUT2D eigenvalue weighted by Gasteiger charge is -2.15. The summed E-state index contributed by atoms with van der Waals surface area (Å²) < 4.78 is 1.82. The van der Waals surface area contributed by atoms with Crippen molar-refractivity contribution in [1.82, 2.24) is 20.1 Å². The van der Waals surface area contributed by atoms with Crippen molar-refractivity contribution in [1.29, 1.82) is 0 Å². The molecule has 9 heteroatoms. The standard InChI is InChI=1S/C25H24N6O3/c1-18(22-8-2-3-11-26-22)29-23-10-9-21(15-24(23)31(33)34)25(32)27-16-19-6-4-7-20(14-19)17-30-13-5-12-28-30/h2-15,18,29H,16-17H2,1H3,(H,27,32). The fourth-order valence-electron chi connectivity index (χ4n) is 3.59. The van der Waals surface area contributed by atoms with E-state index in [1.807, 2.05) is 66.3 Å². The third kappa shape index (κ3) is 5.63. The summed E-state index contributed by atoms with van der Waals surface area (Å²) in [5, 5.41) is 21.8. The number of nitro groups is 1. The Labute approximate surface area is 196 Å². The summed E-state index contributed by atoms with van der Waals surface area (Å²) in [5.41, 5.74) is 3.12. The SMILES string of the molecule is CC(Nc1ccc(C(=O)NCc2cccc(Cn3cccn3)c2)cc1[N+](=O)[O-])c1ccccn1. The molecule has 1 amide bonds. The van der Waals surface area contributed by atoms with Gasteiger partial charge in [-0.1, -0.05) is 30.3 Å². The van der Waals surface area contributed by atoms with E-state index in [1.165, 1.54) is 6.07 Å². The molecule has 2 aromatic carbocycles. The molecular formula is C25H24N6O3. The van der Waals surface area contributed by atoms with Crippen LogP contribution in [-0.2, 0) is 13.1 Å². The van der Waals surface area contributed by atoms with Crippen LogP contribution in [0.5, 0.6) is 0 Å². The Balaban J connectivity index is 1.43. The summed E-state index contributed by atoms with van der Waals surface area (Å²) in [6.45, 7) is 2.80. The van der Waals surface area contributed by atoms with Crippen molar-refractivity contribution in [3.8, 4) is 0 Å². The lowest BCUT2D eigenvalue weighted by Crippen LogP contribution is -2.23. The summed E-state index contributed by atoms with van der Waals surface area (Å²) in [6.07, 6.45) is 5.28. The highest BCUT2D eigenvalue weighted by Gasteiger charge is 2.19. The Hall–Kier alpha value is -4.53. The summed E-state index contributed by atoms with van der Waals surface area (Å²) in [6, 6.07) is 19.4. The highest BCUT2D eigenvalue weighted by molar-refractivity contribution is 5.95. The van der Waals surface area contributed by atoms with E-state index in [9.17, 15) is 14.9 Å². The van der Waals surface area contributed by atoms with Gasteiger partial charge < -0.3 is 10.6 Å². The number of pyridine rings is 1. The molecular weight excluding hydrogens is 432 g/mol. The van der Waals surface area contributed by atoms with E-state index in [0.29, 0.717) is 18.8 Å². The number of hydrogen-bond acceptors (Lipinski definition) is 6. The fraction of sp³-hybridized carbons (Fsp3) is 0.160. The monoisotopic (exact) mass is 456 g/mol. The van der Waals surface area contributed by atoms with E-state index in [1.54, 1.807) is 24.5 Å². The van der Waals surface area contributed by atoms with Gasteiger partial charge in [-0.3, -0.25) is 24.6 Å². The van der Waals surface area contributed by atoms with Crippen molar-refractivity contribution in [2.45, 2.75) is 26.1 Å². The van der Waals surface area contributed by atoms with Crippen LogP contribution in [0.4, 0.5) is 11.4 Å². The van der Waals surface area contributed by atoms with Crippen LogP contribution in [0.3, 0.4) is 0 Å². The minimum atomic E-state index is -0.497. The zero-order valence-electron chi connectivity index (χ0n) is 18.6. The second-order valence-electron chi connectivity index (χ2n) is 7.82. The first-order chi connectivity index (χ1) is 16.5. The van der Waals surface area contributed by atoms with Crippen LogP contribution >= 0.6 is 0 Å². The van der Waals surface area contributed by atoms with E-state index in [-0.39, 0.29) is 23.2 Å². The van der Waals surface area contributed by atoms with Gasteiger partial charge in [-0.05, 0) is 48.4 Å². The molecule has 9 nitrogen and oxygen atoms in total. The molecule has 0 saturated carbocycles. The molecule has 4 aromatic rings. The Morgan fingerprint density at radius 1 is 1.06 bits per heavy atom. The van der Waals surface area contributed by atoms with Crippen LogP contribution in [-0.4, -0.2) is 25.6 Å². The maximum Gasteiger partial charge on any atom is 0.293 e. The molecule has 2 N–H and O–H groups in total. The third-order valence-corrected chi connectivity index (χ3v) is 5.31. The maximum absolute atomic E-state index is 12.7. The summed E-state index contributed by atoms with van der Waals surface area (Å²) >= 11 is 0. The molecule has 4 rings (SSSR count). The van der Waals surface area contributed by atoms with Crippen molar-refractivity contribution >= 4 is 17.3 Å². The number of carbonyl (C=O) groups excluding carboxylic acids is 1. The smallest absolute Gasteiger partial charge is 0.293 e. The lowest BCUT2D eigenvalue weighted by molar-refractivity contribution is -0.384. The first-order valence-electron chi connectivity index (χ1n) is 10.8. The minimum Gasteiger partial charge on any atom is -0.371 e. The van der Waals surface area contributed by atoms with Crippen LogP contribution in [0, 0.1) is 10.1 Å². The highest BCUT2D eigenvalue weighted by Crippen LogP contribution is 2.29. The van der Waals surface area contributed by atoms with E-state index >= 15 is 0 Å². The number of aromatic nitrogens is 3. The van der Waals surface area contributed by atoms with Gasteiger partial charge >= 0.3 is 0 Å². The van der Waals surface area contributed by atoms with Crippen LogP contribution < -0.4 is 10.6 Å². The molecule has 0 radical (unpaired) electrons. The van der Waals surface area contributed by atoms with Gasteiger partial charge in [-0.25, -0.2) is 0 Å². The molecule has 0 saturated heterocycles. The molecule has 0 aliphatic carbocycles. The Bertz CT molecular complexity index is 1280. The molecule has 0 spiro atoms. The van der Waals surface area contributed by atoms with Gasteiger partial charge in [-0.2, -0.15) is 5.10 Å². The van der Waals surface area contributed by atoms with Gasteiger partial charge in [-0.15, -0.1) is 0 Å². The van der Waals surface area contributed by atoms with E-state index in [4.69, 9.17) is 0 Å². The average Bonchev–Trinajstić information content (AvgIpc) is 3.36. The van der Waals surface area contributed by atoms with E-state index < -0.39 is 4.92 Å². The number of hydrogen-bond donors (Lipinski definition) is 2. The molecule has 0 aliphatic heterocycles. The largest absolute Gasteiger partial charge is 0.371 e. The van der Waals surface area contributed by atoms with Gasteiger partial charge in [0.2, 0.25) is 0 Å². The highest BCUT2D eigenvalue weighted by atomic mass is 16.6. The van der Waals surface area contributed by atoms with Crippen LogP contribution in [0.15, 0.2) is 85.3 Å². The third-order valence-electron chi connectivity index (χ3n) is 5.31. The Morgan fingerprint density at radius 2 is 1.91 bits per heavy atom. The molecule has 34 heavy (non-hydrogen) atoms. The number of anilines is 1. The molecule has 1 unspecified atom stereocenters. The number of carbonyl (C=O) groups is 1. The molecule has 2 heterocycles. The van der Waals surface area contributed by atoms with Crippen molar-refractivity contribution < 1.29 is 9.72 Å². The summed E-state index contributed by atoms with van der Waals surface area (Å²) in [4.78, 5) is 28.2. The van der Waals surface area contributed by atoms with Crippen LogP contribution in [0.25, 0.3) is 0 Å². The lowest BCUT2D eigenvalue weighted by atomic mass is 10.1. The van der Waals surface area contributed by atoms with Crippen molar-refractivity contribution in [2.24, 2.45) is 0 Å². The molecule has 0 bridgehead atoms. The second kappa shape index (κ2) is 10.4. The molecule has 0 fully saturated rings. The molecule has 1 atom stereocenters. The van der Waals surface area contributed by atoms with Crippen LogP contribution in [0.1, 0.15) is 40.1 Å². The predicted molar refractivity (Wildman–Crippen MR) is 128 cm³/mol. The zero-order valence-corrected chi connectivity index (χ0v) is 18.6. The maximum atomic E-state index is 12.7. The van der Waals surface area contributed by atoms with Gasteiger partial charge in [0.05, 0.1) is 23.2 Å². The van der Waals surface area contributed by atoms with E-state index in [2.05, 4.69) is 20.7 Å². The van der Waals surface area contributed by atoms with Gasteiger partial charge in [0.15, 0.2) is 0 Å². The molecule has 2 aromatic heterocycles. The minimum absolute atomic E-state index is 0.170. The number of nitrogens with one attached hydrogen (secondary N) is 2. The van der Waals surface area contributed by atoms with Crippen molar-refractivity contribution in [2.75, 3.05) is 5.32 Å². The number of amides is 1. The summed E-state index contributed by atoms with van der Waals surface area (Å²) in [5.74, 6) is -0.384. The number of nitro benzene ring substituents is 1. The number of benzene rings is 2. The first-order valence-corrected chi connectivity index (χ1v) is 10.8. The summed E-state index contributed by atoms with van der Waals surface area (Å²) in [7, 11) is 0. The average molecular weight is 457 g/mol. The number of rotatable bonds is 9. The number of nitrogens with zero attached hydrogens (tertiary/aromatic N) is 4. The predicted octanol–water partition coefficient (Wildman–Crippen LogP) is 4.34. The molecule has 172 valence electrons.